The fourth-order valence-electron chi connectivity index (χ4n) is 2.27. The molecule has 0 radical (unpaired) electrons. The molecule has 7 nitrogen and oxygen atoms in total. The van der Waals surface area contributed by atoms with E-state index >= 15 is 0 Å². The molecule has 3 rings (SSSR count). The van der Waals surface area contributed by atoms with E-state index in [2.05, 4.69) is 15.6 Å². The van der Waals surface area contributed by atoms with Gasteiger partial charge in [0, 0.05) is 18.5 Å². The number of benzene rings is 1. The third-order valence-electron chi connectivity index (χ3n) is 3.30. The van der Waals surface area contributed by atoms with Gasteiger partial charge in [0.15, 0.2) is 5.69 Å². The summed E-state index contributed by atoms with van der Waals surface area (Å²) in [5.74, 6) is 0.302. The monoisotopic (exact) mass is 298 g/mol. The van der Waals surface area contributed by atoms with E-state index in [1.165, 1.54) is 11.7 Å². The molecule has 1 amide bonds. The van der Waals surface area contributed by atoms with E-state index in [0.29, 0.717) is 22.2 Å². The summed E-state index contributed by atoms with van der Waals surface area (Å²) in [4.78, 5) is 24.5. The van der Waals surface area contributed by atoms with Crippen molar-refractivity contribution in [3.05, 3.63) is 57.8 Å². The van der Waals surface area contributed by atoms with Crippen molar-refractivity contribution in [1.82, 2.24) is 20.3 Å². The minimum Gasteiger partial charge on any atom is -0.361 e. The second-order valence-electron chi connectivity index (χ2n) is 4.87. The molecule has 0 fully saturated rings. The molecule has 0 saturated heterocycles. The van der Waals surface area contributed by atoms with Gasteiger partial charge in [-0.15, -0.1) is 0 Å². The van der Waals surface area contributed by atoms with Gasteiger partial charge in [-0.25, -0.2) is 4.68 Å². The van der Waals surface area contributed by atoms with E-state index in [4.69, 9.17) is 4.52 Å². The number of carbonyl (C=O) groups excluding carboxylic acids is 1. The molecule has 0 spiro atoms. The first-order valence-electron chi connectivity index (χ1n) is 6.74. The largest absolute Gasteiger partial charge is 0.361 e. The molecule has 3 aromatic rings. The highest BCUT2D eigenvalue weighted by atomic mass is 16.5. The molecule has 0 atom stereocenters. The number of aryl methyl sites for hydroxylation is 1. The Morgan fingerprint density at radius 3 is 2.68 bits per heavy atom. The summed E-state index contributed by atoms with van der Waals surface area (Å²) in [5.41, 5.74) is 0.507. The van der Waals surface area contributed by atoms with Gasteiger partial charge in [-0.1, -0.05) is 23.4 Å². The Labute approximate surface area is 125 Å². The van der Waals surface area contributed by atoms with Crippen molar-refractivity contribution in [1.29, 1.82) is 0 Å². The van der Waals surface area contributed by atoms with E-state index in [0.717, 1.165) is 0 Å². The van der Waals surface area contributed by atoms with Gasteiger partial charge in [0.2, 0.25) is 0 Å². The minimum absolute atomic E-state index is 0.144. The summed E-state index contributed by atoms with van der Waals surface area (Å²) in [6.07, 6.45) is 0. The lowest BCUT2D eigenvalue weighted by atomic mass is 10.1. The Morgan fingerprint density at radius 1 is 1.32 bits per heavy atom. The molecule has 2 heterocycles. The summed E-state index contributed by atoms with van der Waals surface area (Å²) < 4.78 is 6.22. The highest BCUT2D eigenvalue weighted by molar-refractivity contribution is 6.04. The van der Waals surface area contributed by atoms with Crippen molar-refractivity contribution < 1.29 is 9.32 Å². The zero-order valence-corrected chi connectivity index (χ0v) is 12.2. The van der Waals surface area contributed by atoms with Crippen LogP contribution < -0.4 is 10.9 Å². The fourth-order valence-corrected chi connectivity index (χ4v) is 2.27. The molecule has 0 aliphatic carbocycles. The maximum atomic E-state index is 12.5. The number of hydrogen-bond acceptors (Lipinski definition) is 5. The van der Waals surface area contributed by atoms with Crippen LogP contribution in [0, 0.1) is 6.92 Å². The Bertz CT molecular complexity index is 911. The maximum absolute atomic E-state index is 12.5. The van der Waals surface area contributed by atoms with Crippen molar-refractivity contribution in [2.45, 2.75) is 13.5 Å². The van der Waals surface area contributed by atoms with Gasteiger partial charge >= 0.3 is 0 Å². The summed E-state index contributed by atoms with van der Waals surface area (Å²) >= 11 is 0. The normalized spacial score (nSPS) is 10.8. The van der Waals surface area contributed by atoms with E-state index in [1.807, 2.05) is 0 Å². The Kier molecular flexibility index (Phi) is 3.46. The highest BCUT2D eigenvalue weighted by Gasteiger charge is 2.16. The van der Waals surface area contributed by atoms with Crippen LogP contribution in [-0.2, 0) is 6.54 Å². The average Bonchev–Trinajstić information content (AvgIpc) is 2.94. The van der Waals surface area contributed by atoms with Gasteiger partial charge in [0.1, 0.15) is 11.5 Å². The van der Waals surface area contributed by atoms with Crippen LogP contribution in [0.2, 0.25) is 0 Å². The van der Waals surface area contributed by atoms with Gasteiger partial charge < -0.3 is 9.84 Å². The van der Waals surface area contributed by atoms with Crippen molar-refractivity contribution in [2.75, 3.05) is 7.05 Å². The maximum Gasteiger partial charge on any atom is 0.275 e. The standard InChI is InChI=1S/C15H14N4O3/c1-9-7-10(18-22-9)8-19-15(21)12-6-4-3-5-11(12)13(17-19)14(20)16-2/h3-7H,8H2,1-2H3,(H,16,20). The second-order valence-corrected chi connectivity index (χ2v) is 4.87. The molecule has 22 heavy (non-hydrogen) atoms. The fraction of sp³-hybridized carbons (Fsp3) is 0.200. The number of nitrogens with zero attached hydrogens (tertiary/aromatic N) is 3. The number of fused-ring (bicyclic) bond motifs is 1. The summed E-state index contributed by atoms with van der Waals surface area (Å²) in [5, 5.41) is 11.5. The number of rotatable bonds is 3. The topological polar surface area (TPSA) is 90.0 Å². The van der Waals surface area contributed by atoms with Gasteiger partial charge in [-0.2, -0.15) is 5.10 Å². The number of hydrogen-bond donors (Lipinski definition) is 1. The quantitative estimate of drug-likeness (QED) is 0.782. The molecule has 112 valence electrons. The van der Waals surface area contributed by atoms with Crippen LogP contribution in [0.3, 0.4) is 0 Å². The molecular formula is C15H14N4O3. The summed E-state index contributed by atoms with van der Waals surface area (Å²) in [6.45, 7) is 1.91. The van der Waals surface area contributed by atoms with Crippen LogP contribution in [0.15, 0.2) is 39.6 Å². The van der Waals surface area contributed by atoms with Crippen LogP contribution in [-0.4, -0.2) is 27.9 Å². The van der Waals surface area contributed by atoms with Crippen LogP contribution in [0.25, 0.3) is 10.8 Å². The van der Waals surface area contributed by atoms with Gasteiger partial charge in [0.25, 0.3) is 11.5 Å². The lowest BCUT2D eigenvalue weighted by Crippen LogP contribution is -2.29. The molecule has 2 aromatic heterocycles. The van der Waals surface area contributed by atoms with Crippen molar-refractivity contribution in [3.63, 3.8) is 0 Å². The van der Waals surface area contributed by atoms with Gasteiger partial charge in [0.05, 0.1) is 11.9 Å². The van der Waals surface area contributed by atoms with E-state index < -0.39 is 0 Å². The molecule has 7 heteroatoms. The van der Waals surface area contributed by atoms with Crippen LogP contribution in [0.5, 0.6) is 0 Å². The van der Waals surface area contributed by atoms with Crippen molar-refractivity contribution >= 4 is 16.7 Å². The Morgan fingerprint density at radius 2 is 2.05 bits per heavy atom. The van der Waals surface area contributed by atoms with E-state index in [-0.39, 0.29) is 23.7 Å². The molecule has 0 saturated carbocycles. The first-order valence-corrected chi connectivity index (χ1v) is 6.74. The predicted molar refractivity (Wildman–Crippen MR) is 79.7 cm³/mol. The number of aromatic nitrogens is 3. The van der Waals surface area contributed by atoms with Crippen LogP contribution >= 0.6 is 0 Å². The van der Waals surface area contributed by atoms with Crippen LogP contribution in [0.4, 0.5) is 0 Å². The zero-order valence-electron chi connectivity index (χ0n) is 12.2. The van der Waals surface area contributed by atoms with Crippen LogP contribution in [0.1, 0.15) is 21.9 Å². The van der Waals surface area contributed by atoms with E-state index in [9.17, 15) is 9.59 Å². The molecule has 1 aromatic carbocycles. The molecule has 1 N–H and O–H groups in total. The molecular weight excluding hydrogens is 284 g/mol. The predicted octanol–water partition coefficient (Wildman–Crippen LogP) is 1.10. The first-order chi connectivity index (χ1) is 10.6. The smallest absolute Gasteiger partial charge is 0.275 e. The number of carbonyl (C=O) groups is 1. The van der Waals surface area contributed by atoms with Gasteiger partial charge in [-0.05, 0) is 13.0 Å². The first kappa shape index (κ1) is 14.0. The Balaban J connectivity index is 2.20. The summed E-state index contributed by atoms with van der Waals surface area (Å²) in [6, 6.07) is 8.63. The second kappa shape index (κ2) is 5.44. The average molecular weight is 298 g/mol. The highest BCUT2D eigenvalue weighted by Crippen LogP contribution is 2.13. The molecule has 0 aliphatic rings. The van der Waals surface area contributed by atoms with E-state index in [1.54, 1.807) is 37.3 Å². The molecule has 0 unspecified atom stereocenters. The van der Waals surface area contributed by atoms with Gasteiger partial charge in [-0.3, -0.25) is 9.59 Å². The molecule has 0 bridgehead atoms. The minimum atomic E-state index is -0.346. The SMILES string of the molecule is CNC(=O)c1nn(Cc2cc(C)on2)c(=O)c2ccccc12. The third-order valence-corrected chi connectivity index (χ3v) is 3.30. The Hall–Kier alpha value is -2.96. The molecule has 0 aliphatic heterocycles. The number of amides is 1. The summed E-state index contributed by atoms with van der Waals surface area (Å²) in [7, 11) is 1.52. The third kappa shape index (κ3) is 2.37. The lowest BCUT2D eigenvalue weighted by molar-refractivity contribution is 0.0957. The lowest BCUT2D eigenvalue weighted by Gasteiger charge is -2.09. The van der Waals surface area contributed by atoms with Crippen molar-refractivity contribution in [3.8, 4) is 0 Å². The number of nitrogens with one attached hydrogen (secondary N) is 1. The zero-order chi connectivity index (χ0) is 15.7. The van der Waals surface area contributed by atoms with Crippen molar-refractivity contribution in [2.24, 2.45) is 0 Å².